The fraction of sp³-hybridized carbons (Fsp3) is 0.481. The van der Waals surface area contributed by atoms with E-state index in [2.05, 4.69) is 15.3 Å². The molecule has 1 aliphatic carbocycles. The summed E-state index contributed by atoms with van der Waals surface area (Å²) in [5, 5.41) is 3.26. The number of carbonyl (C=O) groups is 2. The molecule has 1 saturated carbocycles. The number of hydrogen-bond donors (Lipinski definition) is 1. The maximum Gasteiger partial charge on any atom is 0.408 e. The van der Waals surface area contributed by atoms with E-state index < -0.39 is 35.1 Å². The van der Waals surface area contributed by atoms with Crippen LogP contribution in [0.25, 0.3) is 16.6 Å². The number of esters is 1. The van der Waals surface area contributed by atoms with Gasteiger partial charge in [-0.15, -0.1) is 0 Å². The van der Waals surface area contributed by atoms with Crippen molar-refractivity contribution in [3.8, 4) is 5.69 Å². The molecule has 1 amide bonds. The van der Waals surface area contributed by atoms with E-state index in [1.165, 1.54) is 23.2 Å². The summed E-state index contributed by atoms with van der Waals surface area (Å²) < 4.78 is 13.6. The van der Waals surface area contributed by atoms with Crippen LogP contribution in [0, 0.1) is 0 Å². The Morgan fingerprint density at radius 1 is 1.13 bits per heavy atom. The molecule has 0 aliphatic heterocycles. The summed E-state index contributed by atoms with van der Waals surface area (Å²) in [5.74, 6) is -0.626. The first-order valence-electron chi connectivity index (χ1n) is 12.7. The summed E-state index contributed by atoms with van der Waals surface area (Å²) in [6.07, 6.45) is 5.57. The van der Waals surface area contributed by atoms with E-state index in [-0.39, 0.29) is 18.3 Å². The first kappa shape index (κ1) is 27.0. The fourth-order valence-corrected chi connectivity index (χ4v) is 4.78. The molecule has 11 heteroatoms. The van der Waals surface area contributed by atoms with E-state index in [1.54, 1.807) is 52.9 Å². The molecule has 1 aliphatic rings. The molecule has 3 heterocycles. The second-order valence-corrected chi connectivity index (χ2v) is 10.4. The lowest BCUT2D eigenvalue weighted by molar-refractivity contribution is -0.152. The largest absolute Gasteiger partial charge is 0.460 e. The van der Waals surface area contributed by atoms with Crippen LogP contribution in [-0.2, 0) is 21.3 Å². The Labute approximate surface area is 219 Å². The zero-order chi connectivity index (χ0) is 27.6. The van der Waals surface area contributed by atoms with Crippen LogP contribution in [0.15, 0.2) is 46.4 Å². The number of aromatic nitrogens is 4. The van der Waals surface area contributed by atoms with Gasteiger partial charge in [-0.25, -0.2) is 14.2 Å². The third-order valence-electron chi connectivity index (χ3n) is 6.57. The molecule has 11 nitrogen and oxygen atoms in total. The van der Waals surface area contributed by atoms with Crippen LogP contribution in [0.1, 0.15) is 65.0 Å². The highest BCUT2D eigenvalue weighted by atomic mass is 16.6. The van der Waals surface area contributed by atoms with Gasteiger partial charge in [-0.1, -0.05) is 6.92 Å². The maximum atomic E-state index is 13.1. The highest BCUT2D eigenvalue weighted by molar-refractivity contribution is 5.77. The molecule has 3 aromatic rings. The summed E-state index contributed by atoms with van der Waals surface area (Å²) in [7, 11) is 1.58. The Hall–Kier alpha value is -4.02. The molecule has 38 heavy (non-hydrogen) atoms. The first-order chi connectivity index (χ1) is 18.0. The van der Waals surface area contributed by atoms with Crippen molar-refractivity contribution in [2.45, 2.75) is 77.0 Å². The molecule has 0 radical (unpaired) electrons. The highest BCUT2D eigenvalue weighted by Gasteiger charge is 2.39. The second-order valence-electron chi connectivity index (χ2n) is 10.4. The van der Waals surface area contributed by atoms with E-state index in [0.29, 0.717) is 35.1 Å². The monoisotopic (exact) mass is 523 g/mol. The zero-order valence-electron chi connectivity index (χ0n) is 22.3. The van der Waals surface area contributed by atoms with Gasteiger partial charge < -0.3 is 14.8 Å². The third-order valence-corrected chi connectivity index (χ3v) is 6.57. The Morgan fingerprint density at radius 3 is 2.55 bits per heavy atom. The summed E-state index contributed by atoms with van der Waals surface area (Å²) in [6, 6.07) is 4.40. The average Bonchev–Trinajstić information content (AvgIpc) is 2.87. The maximum absolute atomic E-state index is 13.1. The molecule has 0 bridgehead atoms. The fourth-order valence-electron chi connectivity index (χ4n) is 4.78. The molecule has 3 aromatic heterocycles. The molecule has 2 unspecified atom stereocenters. The molecule has 0 aromatic carbocycles. The van der Waals surface area contributed by atoms with E-state index in [4.69, 9.17) is 9.47 Å². The van der Waals surface area contributed by atoms with Gasteiger partial charge in [0.2, 0.25) is 0 Å². The predicted molar refractivity (Wildman–Crippen MR) is 140 cm³/mol. The van der Waals surface area contributed by atoms with Crippen LogP contribution in [0.2, 0.25) is 0 Å². The number of fused-ring (bicyclic) bond motifs is 1. The number of pyridine rings is 2. The number of alkyl carbamates (subject to hydrolysis) is 1. The van der Waals surface area contributed by atoms with Crippen LogP contribution in [0.4, 0.5) is 4.79 Å². The lowest BCUT2D eigenvalue weighted by Crippen LogP contribution is -2.52. The van der Waals surface area contributed by atoms with Gasteiger partial charge >= 0.3 is 17.8 Å². The van der Waals surface area contributed by atoms with Crippen molar-refractivity contribution in [3.05, 3.63) is 63.3 Å². The topological polar surface area (TPSA) is 134 Å². The van der Waals surface area contributed by atoms with Crippen LogP contribution >= 0.6 is 0 Å². The number of nitrogens with one attached hydrogen (secondary N) is 1. The van der Waals surface area contributed by atoms with Crippen molar-refractivity contribution in [1.82, 2.24) is 24.4 Å². The molecule has 0 saturated heterocycles. The van der Waals surface area contributed by atoms with Gasteiger partial charge in [0.15, 0.2) is 0 Å². The minimum absolute atomic E-state index is 0.221. The van der Waals surface area contributed by atoms with Crippen LogP contribution in [0.5, 0.6) is 0 Å². The molecule has 0 spiro atoms. The predicted octanol–water partition coefficient (Wildman–Crippen LogP) is 2.96. The number of amides is 1. The molecular weight excluding hydrogens is 490 g/mol. The SMILES string of the molecule is CCC(=O)OC1CCCC(c2ccc(-n3c(=O)c4ccncc4n(C)c3=O)cn2)[C@@H]1NC(=O)OC(C)(C)C. The molecule has 4 rings (SSSR count). The minimum Gasteiger partial charge on any atom is -0.460 e. The van der Waals surface area contributed by atoms with E-state index in [0.717, 1.165) is 11.0 Å². The number of aryl methyl sites for hydroxylation is 1. The molecule has 1 N–H and O–H groups in total. The minimum atomic E-state index is -0.695. The molecule has 3 atom stereocenters. The number of nitrogens with zero attached hydrogens (tertiary/aromatic N) is 4. The molecular formula is C27H33N5O6. The summed E-state index contributed by atoms with van der Waals surface area (Å²) in [6.45, 7) is 7.04. The van der Waals surface area contributed by atoms with Gasteiger partial charge in [-0.05, 0) is 58.2 Å². The number of ether oxygens (including phenoxy) is 2. The zero-order valence-corrected chi connectivity index (χ0v) is 22.3. The van der Waals surface area contributed by atoms with Gasteiger partial charge in [-0.2, -0.15) is 0 Å². The van der Waals surface area contributed by atoms with Gasteiger partial charge in [0, 0.05) is 31.3 Å². The van der Waals surface area contributed by atoms with Crippen LogP contribution in [-0.4, -0.2) is 48.9 Å². The Balaban J connectivity index is 1.69. The van der Waals surface area contributed by atoms with Gasteiger partial charge in [0.1, 0.15) is 11.7 Å². The van der Waals surface area contributed by atoms with Crippen molar-refractivity contribution in [3.63, 3.8) is 0 Å². The summed E-state index contributed by atoms with van der Waals surface area (Å²) in [5.41, 5.74) is -0.276. The second kappa shape index (κ2) is 10.8. The number of rotatable bonds is 5. The van der Waals surface area contributed by atoms with E-state index in [9.17, 15) is 19.2 Å². The molecule has 1 fully saturated rings. The first-order valence-corrected chi connectivity index (χ1v) is 12.7. The van der Waals surface area contributed by atoms with Crippen molar-refractivity contribution in [2.75, 3.05) is 0 Å². The lowest BCUT2D eigenvalue weighted by Gasteiger charge is -2.38. The molecule has 202 valence electrons. The average molecular weight is 524 g/mol. The summed E-state index contributed by atoms with van der Waals surface area (Å²) >= 11 is 0. The van der Waals surface area contributed by atoms with Crippen molar-refractivity contribution < 1.29 is 19.1 Å². The lowest BCUT2D eigenvalue weighted by atomic mass is 9.80. The van der Waals surface area contributed by atoms with Crippen LogP contribution < -0.4 is 16.6 Å². The van der Waals surface area contributed by atoms with Gasteiger partial charge in [0.05, 0.1) is 35.0 Å². The number of carbonyl (C=O) groups excluding carboxylic acids is 2. The summed E-state index contributed by atoms with van der Waals surface area (Å²) in [4.78, 5) is 59.5. The Bertz CT molecular complexity index is 1450. The normalized spacial score (nSPS) is 19.7. The van der Waals surface area contributed by atoms with Crippen molar-refractivity contribution in [1.29, 1.82) is 0 Å². The quantitative estimate of drug-likeness (QED) is 0.505. The third kappa shape index (κ3) is 5.61. The van der Waals surface area contributed by atoms with Crippen molar-refractivity contribution >= 4 is 23.0 Å². The van der Waals surface area contributed by atoms with Crippen LogP contribution in [0.3, 0.4) is 0 Å². The smallest absolute Gasteiger partial charge is 0.408 e. The highest BCUT2D eigenvalue weighted by Crippen LogP contribution is 2.34. The number of hydrogen-bond acceptors (Lipinski definition) is 8. The Kier molecular flexibility index (Phi) is 7.66. The van der Waals surface area contributed by atoms with E-state index >= 15 is 0 Å². The Morgan fingerprint density at radius 2 is 1.89 bits per heavy atom. The van der Waals surface area contributed by atoms with E-state index in [1.807, 2.05) is 0 Å². The van der Waals surface area contributed by atoms with Gasteiger partial charge in [-0.3, -0.25) is 24.1 Å². The van der Waals surface area contributed by atoms with Crippen molar-refractivity contribution in [2.24, 2.45) is 7.05 Å². The standard InChI is InChI=1S/C27H33N5O6/c1-6-22(33)37-21-9-7-8-17(23(21)30-25(35)38-27(2,3)4)19-11-10-16(14-29-19)32-24(34)18-12-13-28-15-20(18)31(5)26(32)36/h10-15,17,21,23H,6-9H2,1-5H3,(H,30,35)/t17?,21?,23-/m0/s1. The van der Waals surface area contributed by atoms with Gasteiger partial charge in [0.25, 0.3) is 5.56 Å².